The molecule has 2 heterocycles. The summed E-state index contributed by atoms with van der Waals surface area (Å²) in [7, 11) is 1.73. The van der Waals surface area contributed by atoms with E-state index in [1.807, 2.05) is 38.1 Å². The molecule has 2 aromatic rings. The highest BCUT2D eigenvalue weighted by molar-refractivity contribution is 5.77. The molecule has 2 aliphatic heterocycles. The molecule has 168 valence electrons. The Labute approximate surface area is 186 Å². The zero-order valence-electron chi connectivity index (χ0n) is 18.5. The highest BCUT2D eigenvalue weighted by Crippen LogP contribution is 2.24. The Kier molecular flexibility index (Phi) is 6.43. The standard InChI is InChI=1S/C24H27F2N5O/c1-15(2)20-11-21(25)17(9-22(20)26)8-18(27-3)10-24(32)30-13-16-6-4-5-7-23(16)31-19(14-30)12-28-29-31/h4-7,9,11-12,15,18,27H,8,10,13-14H2,1-3H3/p+1/t18-/m1/s1. The number of carbonyl (C=O) groups is 1. The first kappa shape index (κ1) is 22.2. The molecule has 4 rings (SSSR count). The lowest BCUT2D eigenvalue weighted by Crippen LogP contribution is -2.99. The molecule has 1 amide bonds. The van der Waals surface area contributed by atoms with Crippen LogP contribution >= 0.6 is 0 Å². The quantitative estimate of drug-likeness (QED) is 0.724. The van der Waals surface area contributed by atoms with Gasteiger partial charge in [0.25, 0.3) is 0 Å². The number of hydrogen-bond acceptors (Lipinski definition) is 4. The molecule has 2 N–H and O–H groups in total. The number of quaternary nitrogens is 1. The minimum atomic E-state index is -0.440. The second-order valence-electron chi connectivity index (χ2n) is 8.64. The lowest BCUT2D eigenvalue weighted by molar-refractivity contribution is -0.799. The largest absolute Gasteiger partial charge is 0.328 e. The highest BCUT2D eigenvalue weighted by atomic mass is 19.1. The fourth-order valence-corrected chi connectivity index (χ4v) is 4.24. The molecule has 0 saturated heterocycles. The summed E-state index contributed by atoms with van der Waals surface area (Å²) in [5.74, 6) is -1.01. The van der Waals surface area contributed by atoms with E-state index in [0.29, 0.717) is 18.7 Å². The van der Waals surface area contributed by atoms with Crippen molar-refractivity contribution in [1.82, 2.24) is 10.2 Å². The molecule has 2 atom stereocenters. The van der Waals surface area contributed by atoms with Gasteiger partial charge in [0, 0.05) is 29.3 Å². The van der Waals surface area contributed by atoms with Crippen LogP contribution in [0.3, 0.4) is 0 Å². The predicted molar refractivity (Wildman–Crippen MR) is 117 cm³/mol. The molecular weight excluding hydrogens is 412 g/mol. The number of amides is 1. The van der Waals surface area contributed by atoms with Crippen molar-refractivity contribution >= 4 is 11.6 Å². The topological polar surface area (TPSA) is 61.5 Å². The molecule has 2 aliphatic rings. The van der Waals surface area contributed by atoms with Gasteiger partial charge in [-0.2, -0.15) is 0 Å². The number of fused-ring (bicyclic) bond motifs is 3. The van der Waals surface area contributed by atoms with Crippen LogP contribution in [0.2, 0.25) is 0 Å². The third-order valence-electron chi connectivity index (χ3n) is 6.11. The maximum atomic E-state index is 14.6. The van der Waals surface area contributed by atoms with Crippen LogP contribution < -0.4 is 10.3 Å². The number of hydrogen-bond donors (Lipinski definition) is 2. The monoisotopic (exact) mass is 440 g/mol. The summed E-state index contributed by atoms with van der Waals surface area (Å²) in [6.45, 7) is 4.54. The van der Waals surface area contributed by atoms with E-state index in [4.69, 9.17) is 0 Å². The van der Waals surface area contributed by atoms with Gasteiger partial charge in [-0.1, -0.05) is 32.0 Å². The van der Waals surface area contributed by atoms with Gasteiger partial charge in [0.05, 0.1) is 6.54 Å². The van der Waals surface area contributed by atoms with Crippen molar-refractivity contribution in [3.05, 3.63) is 76.6 Å². The van der Waals surface area contributed by atoms with Crippen LogP contribution in [-0.4, -0.2) is 30.4 Å². The Morgan fingerprint density at radius 2 is 1.97 bits per heavy atom. The van der Waals surface area contributed by atoms with E-state index in [-0.39, 0.29) is 36.3 Å². The fourth-order valence-electron chi connectivity index (χ4n) is 4.24. The Morgan fingerprint density at radius 1 is 1.19 bits per heavy atom. The van der Waals surface area contributed by atoms with Crippen molar-refractivity contribution in [1.29, 1.82) is 0 Å². The van der Waals surface area contributed by atoms with Gasteiger partial charge in [-0.15, -0.1) is 10.1 Å². The van der Waals surface area contributed by atoms with Crippen molar-refractivity contribution in [2.24, 2.45) is 10.3 Å². The summed E-state index contributed by atoms with van der Waals surface area (Å²) in [5, 5.41) is 12.2. The van der Waals surface area contributed by atoms with Gasteiger partial charge >= 0.3 is 0 Å². The summed E-state index contributed by atoms with van der Waals surface area (Å²) in [6.07, 6.45) is 2.09. The summed E-state index contributed by atoms with van der Waals surface area (Å²) >= 11 is 0. The third kappa shape index (κ3) is 4.47. The van der Waals surface area contributed by atoms with Crippen molar-refractivity contribution in [3.8, 4) is 0 Å². The Morgan fingerprint density at radius 3 is 2.72 bits per heavy atom. The molecule has 0 bridgehead atoms. The van der Waals surface area contributed by atoms with E-state index < -0.39 is 11.6 Å². The maximum absolute atomic E-state index is 14.6. The van der Waals surface area contributed by atoms with Crippen LogP contribution in [0.1, 0.15) is 42.9 Å². The van der Waals surface area contributed by atoms with E-state index in [1.54, 1.807) is 18.1 Å². The van der Waals surface area contributed by atoms with Gasteiger partial charge in [-0.3, -0.25) is 4.79 Å². The van der Waals surface area contributed by atoms with Crippen LogP contribution in [0.15, 0.2) is 58.6 Å². The van der Waals surface area contributed by atoms with Crippen LogP contribution in [0.5, 0.6) is 0 Å². The number of likely N-dealkylation sites (N-methyl/N-ethyl adjacent to an activating group) is 1. The summed E-state index contributed by atoms with van der Waals surface area (Å²) < 4.78 is 29.0. The number of nitrogens with zero attached hydrogens (tertiary/aromatic N) is 3. The molecule has 0 saturated carbocycles. The van der Waals surface area contributed by atoms with E-state index in [0.717, 1.165) is 22.0 Å². The van der Waals surface area contributed by atoms with E-state index in [1.165, 1.54) is 12.1 Å². The summed E-state index contributed by atoms with van der Waals surface area (Å²) in [4.78, 5) is 15.0. The maximum Gasteiger partial charge on any atom is 0.224 e. The van der Waals surface area contributed by atoms with Gasteiger partial charge in [0.15, 0.2) is 11.4 Å². The molecule has 6 nitrogen and oxygen atoms in total. The van der Waals surface area contributed by atoms with Crippen molar-refractivity contribution < 1.29 is 18.6 Å². The number of para-hydroxylation sites is 1. The first-order valence-corrected chi connectivity index (χ1v) is 10.9. The smallest absolute Gasteiger partial charge is 0.224 e. The van der Waals surface area contributed by atoms with Crippen LogP contribution in [0.25, 0.3) is 0 Å². The van der Waals surface area contributed by atoms with Crippen molar-refractivity contribution in [2.75, 3.05) is 13.6 Å². The van der Waals surface area contributed by atoms with Gasteiger partial charge in [-0.25, -0.2) is 8.78 Å². The molecule has 1 unspecified atom stereocenters. The van der Waals surface area contributed by atoms with E-state index >= 15 is 0 Å². The zero-order valence-corrected chi connectivity index (χ0v) is 18.5. The first-order valence-electron chi connectivity index (χ1n) is 10.9. The van der Waals surface area contributed by atoms with Crippen LogP contribution in [-0.2, 0) is 17.8 Å². The number of nitrogens with one attached hydrogen (secondary N) is 2. The van der Waals surface area contributed by atoms with Crippen molar-refractivity contribution in [2.45, 2.75) is 45.2 Å². The molecule has 8 heteroatoms. The molecule has 32 heavy (non-hydrogen) atoms. The normalized spacial score (nSPS) is 18.2. The van der Waals surface area contributed by atoms with Crippen LogP contribution in [0, 0.1) is 11.6 Å². The molecule has 0 aromatic heterocycles. The third-order valence-corrected chi connectivity index (χ3v) is 6.11. The number of benzene rings is 2. The number of halogens is 2. The Bertz CT molecular complexity index is 1080. The molecule has 2 aromatic carbocycles. The minimum Gasteiger partial charge on any atom is -0.328 e. The summed E-state index contributed by atoms with van der Waals surface area (Å²) in [6, 6.07) is 10.1. The minimum absolute atomic E-state index is 0.0621. The molecule has 0 aliphatic carbocycles. The average Bonchev–Trinajstić information content (AvgIpc) is 3.16. The molecule has 0 spiro atoms. The van der Waals surface area contributed by atoms with Crippen LogP contribution in [0.4, 0.5) is 14.5 Å². The molecular formula is C24H28F2N5O+. The Hall–Kier alpha value is -2.97. The van der Waals surface area contributed by atoms with E-state index in [9.17, 15) is 13.6 Å². The SMILES string of the molecule is CN[C@@H](CC(=O)N1CC2=CN=N[NH+]2c2ccccc2C1)Cc1cc(F)c(C(C)C)cc1F. The van der Waals surface area contributed by atoms with Gasteiger partial charge in [-0.05, 0) is 42.6 Å². The summed E-state index contributed by atoms with van der Waals surface area (Å²) in [5.41, 5.74) is 3.54. The number of carbonyl (C=O) groups excluding carboxylic acids is 1. The lowest BCUT2D eigenvalue weighted by Gasteiger charge is -2.23. The zero-order chi connectivity index (χ0) is 22.8. The van der Waals surface area contributed by atoms with Gasteiger partial charge in [0.2, 0.25) is 5.91 Å². The van der Waals surface area contributed by atoms with Gasteiger partial charge < -0.3 is 10.2 Å². The second-order valence-corrected chi connectivity index (χ2v) is 8.64. The average molecular weight is 441 g/mol. The van der Waals surface area contributed by atoms with Gasteiger partial charge in [0.1, 0.15) is 24.4 Å². The van der Waals surface area contributed by atoms with E-state index in [2.05, 4.69) is 15.7 Å². The lowest BCUT2D eigenvalue weighted by atomic mass is 9.96. The Balaban J connectivity index is 1.50. The molecule has 0 fully saturated rings. The second kappa shape index (κ2) is 9.26. The predicted octanol–water partition coefficient (Wildman–Crippen LogP) is 3.39. The fraction of sp³-hybridized carbons (Fsp3) is 0.375. The first-order chi connectivity index (χ1) is 15.4. The highest BCUT2D eigenvalue weighted by Gasteiger charge is 2.34. The molecule has 0 radical (unpaired) electrons. The van der Waals surface area contributed by atoms with Crippen molar-refractivity contribution in [3.63, 3.8) is 0 Å². The number of rotatable bonds is 6.